The topological polar surface area (TPSA) is 49.3 Å². The number of likely N-dealkylation sites (tertiary alicyclic amines) is 1. The van der Waals surface area contributed by atoms with Crippen LogP contribution in [-0.4, -0.2) is 50.8 Å². The van der Waals surface area contributed by atoms with Crippen molar-refractivity contribution in [2.24, 2.45) is 0 Å². The van der Waals surface area contributed by atoms with E-state index < -0.39 is 0 Å². The van der Waals surface area contributed by atoms with Crippen LogP contribution in [0.3, 0.4) is 0 Å². The molecule has 0 atom stereocenters. The van der Waals surface area contributed by atoms with Gasteiger partial charge in [0.15, 0.2) is 0 Å². The van der Waals surface area contributed by atoms with Crippen LogP contribution in [-0.2, 0) is 6.54 Å². The minimum Gasteiger partial charge on any atom is -0.334 e. The smallest absolute Gasteiger partial charge is 0.254 e. The standard InChI is InChI=1S/C32H36N4OS/c1-22(2)36(23(3)4)32(37)27-12-10-24(11-13-27)30(28-9-5-7-26-8-6-16-34-31(26)28)25-14-18-35(19-15-25)21-29-33-17-20-38-29/h5-13,16-17,20,22-23H,14-15,18-19,21H2,1-4H3. The molecule has 0 unspecified atom stereocenters. The Morgan fingerprint density at radius 2 is 1.58 bits per heavy atom. The van der Waals surface area contributed by atoms with E-state index in [4.69, 9.17) is 4.98 Å². The summed E-state index contributed by atoms with van der Waals surface area (Å²) in [6.45, 7) is 11.2. The number of aromatic nitrogens is 2. The highest BCUT2D eigenvalue weighted by Gasteiger charge is 2.24. The first-order valence-electron chi connectivity index (χ1n) is 13.5. The van der Waals surface area contributed by atoms with Crippen molar-refractivity contribution in [3.63, 3.8) is 0 Å². The van der Waals surface area contributed by atoms with Gasteiger partial charge in [-0.25, -0.2) is 4.98 Å². The second-order valence-electron chi connectivity index (χ2n) is 10.5. The quantitative estimate of drug-likeness (QED) is 0.260. The van der Waals surface area contributed by atoms with Gasteiger partial charge in [0.2, 0.25) is 0 Å². The van der Waals surface area contributed by atoms with Gasteiger partial charge in [-0.2, -0.15) is 0 Å². The van der Waals surface area contributed by atoms with E-state index in [-0.39, 0.29) is 18.0 Å². The zero-order valence-corrected chi connectivity index (χ0v) is 23.5. The Morgan fingerprint density at radius 1 is 0.895 bits per heavy atom. The molecule has 5 rings (SSSR count). The lowest BCUT2D eigenvalue weighted by atomic mass is 9.87. The van der Waals surface area contributed by atoms with Crippen molar-refractivity contribution >= 4 is 33.7 Å². The molecule has 3 heterocycles. The third-order valence-electron chi connectivity index (χ3n) is 7.33. The molecule has 0 spiro atoms. The maximum atomic E-state index is 13.3. The van der Waals surface area contributed by atoms with Crippen LogP contribution < -0.4 is 0 Å². The summed E-state index contributed by atoms with van der Waals surface area (Å²) in [4.78, 5) is 27.0. The molecule has 1 aliphatic heterocycles. The predicted molar refractivity (Wildman–Crippen MR) is 157 cm³/mol. The number of para-hydroxylation sites is 1. The molecule has 0 bridgehead atoms. The molecular formula is C32H36N4OS. The van der Waals surface area contributed by atoms with Gasteiger partial charge in [-0.3, -0.25) is 14.7 Å². The molecule has 1 amide bonds. The highest BCUT2D eigenvalue weighted by molar-refractivity contribution is 7.09. The van der Waals surface area contributed by atoms with Crippen LogP contribution in [0.2, 0.25) is 0 Å². The van der Waals surface area contributed by atoms with Crippen LogP contribution in [0.15, 0.2) is 77.9 Å². The molecule has 4 aromatic rings. The molecule has 0 N–H and O–H groups in total. The van der Waals surface area contributed by atoms with Crippen LogP contribution >= 0.6 is 11.3 Å². The number of nitrogens with zero attached hydrogens (tertiary/aromatic N) is 4. The van der Waals surface area contributed by atoms with Gasteiger partial charge >= 0.3 is 0 Å². The monoisotopic (exact) mass is 524 g/mol. The normalized spacial score (nSPS) is 14.4. The summed E-state index contributed by atoms with van der Waals surface area (Å²) in [5.74, 6) is 0.0816. The van der Waals surface area contributed by atoms with Crippen molar-refractivity contribution in [1.82, 2.24) is 19.8 Å². The first-order chi connectivity index (χ1) is 18.4. The summed E-state index contributed by atoms with van der Waals surface area (Å²) in [7, 11) is 0. The number of carbonyl (C=O) groups is 1. The highest BCUT2D eigenvalue weighted by atomic mass is 32.1. The number of carbonyl (C=O) groups excluding carboxylic acids is 1. The molecule has 196 valence electrons. The first-order valence-corrected chi connectivity index (χ1v) is 14.4. The van der Waals surface area contributed by atoms with Crippen molar-refractivity contribution in [1.29, 1.82) is 0 Å². The Kier molecular flexibility index (Phi) is 8.01. The van der Waals surface area contributed by atoms with Gasteiger partial charge in [0.25, 0.3) is 5.91 Å². The van der Waals surface area contributed by atoms with Crippen LogP contribution in [0.1, 0.15) is 67.0 Å². The maximum absolute atomic E-state index is 13.3. The molecule has 2 aromatic heterocycles. The second kappa shape index (κ2) is 11.6. The number of thiazole rings is 1. The Hall–Kier alpha value is -3.35. The fraction of sp³-hybridized carbons (Fsp3) is 0.344. The van der Waals surface area contributed by atoms with Gasteiger partial charge in [0.1, 0.15) is 5.01 Å². The average Bonchev–Trinajstić information content (AvgIpc) is 3.43. The van der Waals surface area contributed by atoms with E-state index in [0.29, 0.717) is 0 Å². The summed E-state index contributed by atoms with van der Waals surface area (Å²) in [5.41, 5.74) is 6.76. The second-order valence-corrected chi connectivity index (χ2v) is 11.5. The van der Waals surface area contributed by atoms with E-state index in [1.807, 2.05) is 40.9 Å². The van der Waals surface area contributed by atoms with E-state index in [1.54, 1.807) is 11.3 Å². The highest BCUT2D eigenvalue weighted by Crippen LogP contribution is 2.36. The van der Waals surface area contributed by atoms with Gasteiger partial charge in [-0.1, -0.05) is 42.0 Å². The van der Waals surface area contributed by atoms with E-state index >= 15 is 0 Å². The summed E-state index contributed by atoms with van der Waals surface area (Å²) < 4.78 is 0. The molecule has 0 radical (unpaired) electrons. The van der Waals surface area contributed by atoms with Gasteiger partial charge < -0.3 is 4.90 Å². The average molecular weight is 525 g/mol. The number of piperidine rings is 1. The molecule has 1 fully saturated rings. The minimum atomic E-state index is 0.0816. The number of rotatable bonds is 7. The summed E-state index contributed by atoms with van der Waals surface area (Å²) in [6.07, 6.45) is 5.76. The summed E-state index contributed by atoms with van der Waals surface area (Å²) >= 11 is 1.72. The van der Waals surface area contributed by atoms with E-state index in [0.717, 1.165) is 60.1 Å². The zero-order chi connectivity index (χ0) is 26.6. The largest absolute Gasteiger partial charge is 0.334 e. The van der Waals surface area contributed by atoms with Crippen LogP contribution in [0.5, 0.6) is 0 Å². The molecule has 2 aromatic carbocycles. The minimum absolute atomic E-state index is 0.0816. The number of hydrogen-bond donors (Lipinski definition) is 0. The molecule has 0 saturated carbocycles. The molecule has 1 saturated heterocycles. The number of pyridine rings is 1. The predicted octanol–water partition coefficient (Wildman–Crippen LogP) is 7.05. The molecule has 38 heavy (non-hydrogen) atoms. The van der Waals surface area contributed by atoms with E-state index in [1.165, 1.54) is 16.2 Å². The van der Waals surface area contributed by atoms with E-state index in [9.17, 15) is 4.79 Å². The summed E-state index contributed by atoms with van der Waals surface area (Å²) in [5, 5.41) is 4.36. The molecule has 1 aliphatic rings. The third kappa shape index (κ3) is 5.57. The van der Waals surface area contributed by atoms with Gasteiger partial charge in [0, 0.05) is 59.5 Å². The van der Waals surface area contributed by atoms with E-state index in [2.05, 4.69) is 74.0 Å². The molecule has 6 heteroatoms. The van der Waals surface area contributed by atoms with Crippen LogP contribution in [0, 0.1) is 0 Å². The Morgan fingerprint density at radius 3 is 2.24 bits per heavy atom. The fourth-order valence-corrected chi connectivity index (χ4v) is 6.26. The number of fused-ring (bicyclic) bond motifs is 1. The van der Waals surface area contributed by atoms with Crippen molar-refractivity contribution in [2.45, 2.75) is 59.2 Å². The molecule has 0 aliphatic carbocycles. The number of benzene rings is 2. The van der Waals surface area contributed by atoms with Crippen molar-refractivity contribution in [3.8, 4) is 0 Å². The zero-order valence-electron chi connectivity index (χ0n) is 22.7. The van der Waals surface area contributed by atoms with Gasteiger partial charge in [-0.05, 0) is 69.9 Å². The molecule has 5 nitrogen and oxygen atoms in total. The van der Waals surface area contributed by atoms with Gasteiger partial charge in [0.05, 0.1) is 12.1 Å². The Bertz CT molecular complexity index is 1400. The Balaban J connectivity index is 1.51. The van der Waals surface area contributed by atoms with Gasteiger partial charge in [-0.15, -0.1) is 11.3 Å². The first kappa shape index (κ1) is 26.3. The summed E-state index contributed by atoms with van der Waals surface area (Å²) in [6, 6.07) is 19.1. The lowest BCUT2D eigenvalue weighted by Gasteiger charge is -2.31. The number of amides is 1. The SMILES string of the molecule is CC(C)N(C(=O)c1ccc(C(=C2CCN(Cc3nccs3)CC2)c2cccc3cccnc23)cc1)C(C)C. The van der Waals surface area contributed by atoms with Crippen LogP contribution in [0.25, 0.3) is 16.5 Å². The maximum Gasteiger partial charge on any atom is 0.254 e. The van der Waals surface area contributed by atoms with Crippen molar-refractivity contribution < 1.29 is 4.79 Å². The van der Waals surface area contributed by atoms with Crippen molar-refractivity contribution in [3.05, 3.63) is 99.6 Å². The lowest BCUT2D eigenvalue weighted by Crippen LogP contribution is -2.42. The fourth-order valence-electron chi connectivity index (χ4n) is 5.60. The third-order valence-corrected chi connectivity index (χ3v) is 8.09. The lowest BCUT2D eigenvalue weighted by molar-refractivity contribution is 0.0643. The Labute approximate surface area is 229 Å². The van der Waals surface area contributed by atoms with Crippen LogP contribution in [0.4, 0.5) is 0 Å². The number of hydrogen-bond acceptors (Lipinski definition) is 5. The molecular weight excluding hydrogens is 488 g/mol. The van der Waals surface area contributed by atoms with Crippen molar-refractivity contribution in [2.75, 3.05) is 13.1 Å².